The zero-order valence-corrected chi connectivity index (χ0v) is 16.6. The Labute approximate surface area is 169 Å². The smallest absolute Gasteiger partial charge is 0.319 e. The predicted molar refractivity (Wildman–Crippen MR) is 112 cm³/mol. The molecule has 0 aliphatic carbocycles. The molecule has 140 valence electrons. The fourth-order valence-electron chi connectivity index (χ4n) is 2.79. The molecule has 3 aromatic rings. The molecule has 0 saturated carbocycles. The number of rotatable bonds is 6. The summed E-state index contributed by atoms with van der Waals surface area (Å²) in [7, 11) is 0. The minimum atomic E-state index is -0.464. The number of esters is 1. The third-order valence-electron chi connectivity index (χ3n) is 4.16. The number of carbonyl (C=O) groups is 1. The number of nitrogens with zero attached hydrogens (tertiary/aromatic N) is 2. The minimum Gasteiger partial charge on any atom is -0.465 e. The molecule has 0 amide bonds. The van der Waals surface area contributed by atoms with Gasteiger partial charge in [-0.15, -0.1) is 0 Å². The van der Waals surface area contributed by atoms with Gasteiger partial charge in [-0.25, -0.2) is 4.98 Å². The van der Waals surface area contributed by atoms with Crippen molar-refractivity contribution >= 4 is 17.7 Å². The molecule has 0 N–H and O–H groups in total. The van der Waals surface area contributed by atoms with Crippen LogP contribution in [-0.4, -0.2) is 22.8 Å². The van der Waals surface area contributed by atoms with Crippen LogP contribution < -0.4 is 0 Å². The number of hydrogen-bond donors (Lipinski definition) is 0. The topological polar surface area (TPSA) is 63.0 Å². The van der Waals surface area contributed by atoms with E-state index in [-0.39, 0.29) is 5.97 Å². The summed E-state index contributed by atoms with van der Waals surface area (Å²) in [6.45, 7) is 3.86. The first-order valence-corrected chi connectivity index (χ1v) is 9.91. The molecule has 0 radical (unpaired) electrons. The van der Waals surface area contributed by atoms with Gasteiger partial charge in [-0.05, 0) is 25.5 Å². The van der Waals surface area contributed by atoms with E-state index < -0.39 is 5.25 Å². The van der Waals surface area contributed by atoms with Crippen LogP contribution in [0.25, 0.3) is 22.4 Å². The first kappa shape index (κ1) is 19.7. The van der Waals surface area contributed by atoms with Crippen LogP contribution in [0.5, 0.6) is 0 Å². The first-order chi connectivity index (χ1) is 13.6. The molecule has 2 aromatic carbocycles. The van der Waals surface area contributed by atoms with Crippen LogP contribution in [0.15, 0.2) is 71.8 Å². The van der Waals surface area contributed by atoms with Crippen molar-refractivity contribution in [2.45, 2.75) is 24.1 Å². The molecule has 4 nitrogen and oxygen atoms in total. The number of nitriles is 1. The Morgan fingerprint density at radius 3 is 2.29 bits per heavy atom. The molecule has 0 bridgehead atoms. The lowest BCUT2D eigenvalue weighted by Crippen LogP contribution is -2.17. The lowest BCUT2D eigenvalue weighted by molar-refractivity contribution is -0.142. The maximum Gasteiger partial charge on any atom is 0.319 e. The van der Waals surface area contributed by atoms with Crippen LogP contribution >= 0.6 is 11.8 Å². The number of carbonyl (C=O) groups excluding carboxylic acids is 1. The fourth-order valence-corrected chi connectivity index (χ4v) is 3.72. The van der Waals surface area contributed by atoms with Gasteiger partial charge in [0, 0.05) is 11.1 Å². The molecule has 1 heterocycles. The van der Waals surface area contributed by atoms with Crippen molar-refractivity contribution in [1.82, 2.24) is 4.98 Å². The van der Waals surface area contributed by atoms with Crippen molar-refractivity contribution in [2.75, 3.05) is 6.61 Å². The summed E-state index contributed by atoms with van der Waals surface area (Å²) in [5.74, 6) is -0.315. The van der Waals surface area contributed by atoms with Crippen molar-refractivity contribution in [2.24, 2.45) is 0 Å². The highest BCUT2D eigenvalue weighted by molar-refractivity contribution is 8.00. The molecule has 0 fully saturated rings. The average Bonchev–Trinajstić information content (AvgIpc) is 2.74. The summed E-state index contributed by atoms with van der Waals surface area (Å²) in [4.78, 5) is 16.8. The second-order valence-corrected chi connectivity index (χ2v) is 7.42. The van der Waals surface area contributed by atoms with E-state index in [0.717, 1.165) is 22.4 Å². The SMILES string of the molecule is CCOC(=O)[C@@H](C)Sc1nc(-c2ccccc2)cc(-c2ccccc2)c1C#N. The number of hydrogen-bond acceptors (Lipinski definition) is 5. The molecule has 0 aliphatic heterocycles. The number of thioether (sulfide) groups is 1. The third-order valence-corrected chi connectivity index (χ3v) is 5.22. The summed E-state index contributed by atoms with van der Waals surface area (Å²) in [5, 5.41) is 9.92. The summed E-state index contributed by atoms with van der Waals surface area (Å²) in [6.07, 6.45) is 0. The molecule has 0 aliphatic rings. The van der Waals surface area contributed by atoms with Crippen molar-refractivity contribution in [3.05, 3.63) is 72.3 Å². The molecule has 0 unspecified atom stereocenters. The zero-order chi connectivity index (χ0) is 19.9. The molecule has 28 heavy (non-hydrogen) atoms. The Hall–Kier alpha value is -3.10. The van der Waals surface area contributed by atoms with Gasteiger partial charge in [0.05, 0.1) is 17.9 Å². The van der Waals surface area contributed by atoms with Crippen LogP contribution in [0.1, 0.15) is 19.4 Å². The Balaban J connectivity index is 2.14. The van der Waals surface area contributed by atoms with Gasteiger partial charge in [0.2, 0.25) is 0 Å². The third kappa shape index (κ3) is 4.41. The highest BCUT2D eigenvalue weighted by Gasteiger charge is 2.22. The second-order valence-electron chi connectivity index (χ2n) is 6.09. The lowest BCUT2D eigenvalue weighted by Gasteiger charge is -2.15. The largest absolute Gasteiger partial charge is 0.465 e. The van der Waals surface area contributed by atoms with Gasteiger partial charge in [-0.2, -0.15) is 5.26 Å². The Morgan fingerprint density at radius 2 is 1.71 bits per heavy atom. The van der Waals surface area contributed by atoms with Crippen LogP contribution in [0, 0.1) is 11.3 Å². The van der Waals surface area contributed by atoms with E-state index in [1.54, 1.807) is 13.8 Å². The first-order valence-electron chi connectivity index (χ1n) is 9.03. The van der Waals surface area contributed by atoms with Crippen molar-refractivity contribution < 1.29 is 9.53 Å². The average molecular weight is 388 g/mol. The van der Waals surface area contributed by atoms with Crippen LogP contribution in [0.4, 0.5) is 0 Å². The normalized spacial score (nSPS) is 11.5. The molecular weight excluding hydrogens is 368 g/mol. The summed E-state index contributed by atoms with van der Waals surface area (Å²) >= 11 is 1.25. The van der Waals surface area contributed by atoms with Crippen LogP contribution in [0.3, 0.4) is 0 Å². The quantitative estimate of drug-likeness (QED) is 0.422. The van der Waals surface area contributed by atoms with Gasteiger partial charge in [0.1, 0.15) is 16.3 Å². The molecule has 5 heteroatoms. The van der Waals surface area contributed by atoms with Crippen molar-refractivity contribution in [3.63, 3.8) is 0 Å². The van der Waals surface area contributed by atoms with Gasteiger partial charge >= 0.3 is 5.97 Å². The zero-order valence-electron chi connectivity index (χ0n) is 15.8. The van der Waals surface area contributed by atoms with E-state index in [0.29, 0.717) is 17.2 Å². The van der Waals surface area contributed by atoms with Crippen LogP contribution in [0.2, 0.25) is 0 Å². The van der Waals surface area contributed by atoms with Gasteiger partial charge in [0.25, 0.3) is 0 Å². The molecule has 1 aromatic heterocycles. The second kappa shape index (κ2) is 9.20. The molecule has 0 spiro atoms. The molecule has 0 saturated heterocycles. The highest BCUT2D eigenvalue weighted by atomic mass is 32.2. The van der Waals surface area contributed by atoms with Gasteiger partial charge in [0.15, 0.2) is 0 Å². The summed E-state index contributed by atoms with van der Waals surface area (Å²) in [6, 6.07) is 23.8. The summed E-state index contributed by atoms with van der Waals surface area (Å²) < 4.78 is 5.11. The van der Waals surface area contributed by atoms with Crippen molar-refractivity contribution in [3.8, 4) is 28.5 Å². The van der Waals surface area contributed by atoms with Crippen molar-refractivity contribution in [1.29, 1.82) is 5.26 Å². The Morgan fingerprint density at radius 1 is 1.11 bits per heavy atom. The molecule has 1 atom stereocenters. The van der Waals surface area contributed by atoms with E-state index in [1.807, 2.05) is 66.7 Å². The highest BCUT2D eigenvalue weighted by Crippen LogP contribution is 2.35. The maximum absolute atomic E-state index is 12.1. The van der Waals surface area contributed by atoms with E-state index >= 15 is 0 Å². The lowest BCUT2D eigenvalue weighted by atomic mass is 9.99. The maximum atomic E-state index is 12.1. The molecular formula is C23H20N2O2S. The Kier molecular flexibility index (Phi) is 6.46. The van der Waals surface area contributed by atoms with E-state index in [9.17, 15) is 10.1 Å². The minimum absolute atomic E-state index is 0.315. The number of pyridine rings is 1. The monoisotopic (exact) mass is 388 g/mol. The number of ether oxygens (including phenoxy) is 1. The Bertz CT molecular complexity index is 998. The number of benzene rings is 2. The van der Waals surface area contributed by atoms with E-state index in [1.165, 1.54) is 11.8 Å². The predicted octanol–water partition coefficient (Wildman–Crippen LogP) is 5.33. The van der Waals surface area contributed by atoms with E-state index in [4.69, 9.17) is 9.72 Å². The molecule has 3 rings (SSSR count). The van der Waals surface area contributed by atoms with Gasteiger partial charge in [-0.3, -0.25) is 4.79 Å². The number of aromatic nitrogens is 1. The fraction of sp³-hybridized carbons (Fsp3) is 0.174. The van der Waals surface area contributed by atoms with Crippen LogP contribution in [-0.2, 0) is 9.53 Å². The van der Waals surface area contributed by atoms with E-state index in [2.05, 4.69) is 6.07 Å². The summed E-state index contributed by atoms with van der Waals surface area (Å²) in [5.41, 5.74) is 3.92. The van der Waals surface area contributed by atoms with Gasteiger partial charge < -0.3 is 4.74 Å². The standard InChI is InChI=1S/C23H20N2O2S/c1-3-27-23(26)16(2)28-22-20(15-24)19(17-10-6-4-7-11-17)14-21(25-22)18-12-8-5-9-13-18/h4-14,16H,3H2,1-2H3/t16-/m1/s1. The van der Waals surface area contributed by atoms with Gasteiger partial charge in [-0.1, -0.05) is 72.4 Å².